The Bertz CT molecular complexity index is 1210. The molecule has 5 rings (SSSR count). The third kappa shape index (κ3) is 2.96. The minimum Gasteiger partial charge on any atom is -0.301 e. The number of rotatable bonds is 3. The number of halogens is 2. The van der Waals surface area contributed by atoms with Gasteiger partial charge in [0, 0.05) is 24.5 Å². The van der Waals surface area contributed by atoms with Gasteiger partial charge in [-0.05, 0) is 48.4 Å². The summed E-state index contributed by atoms with van der Waals surface area (Å²) in [5.41, 5.74) is 3.73. The summed E-state index contributed by atoms with van der Waals surface area (Å²) in [5, 5.41) is 8.76. The number of hydrogen-bond donors (Lipinski definition) is 0. The quantitative estimate of drug-likeness (QED) is 0.474. The van der Waals surface area contributed by atoms with Crippen molar-refractivity contribution in [2.45, 2.75) is 38.5 Å². The Hall–Kier alpha value is -3.22. The molecule has 0 spiro atoms. The maximum atomic E-state index is 14.4. The molecule has 152 valence electrons. The second-order valence-corrected chi connectivity index (χ2v) is 8.13. The van der Waals surface area contributed by atoms with Gasteiger partial charge in [-0.15, -0.1) is 5.10 Å². The van der Waals surface area contributed by atoms with E-state index in [0.717, 1.165) is 35.4 Å². The van der Waals surface area contributed by atoms with Crippen LogP contribution in [0.15, 0.2) is 49.1 Å². The normalized spacial score (nSPS) is 18.7. The van der Waals surface area contributed by atoms with Crippen LogP contribution in [0.5, 0.6) is 0 Å². The molecule has 0 amide bonds. The number of benzene rings is 1. The van der Waals surface area contributed by atoms with Crippen molar-refractivity contribution in [3.8, 4) is 11.3 Å². The lowest BCUT2D eigenvalue weighted by molar-refractivity contribution is 0.406. The van der Waals surface area contributed by atoms with Gasteiger partial charge in [-0.25, -0.2) is 13.8 Å². The fourth-order valence-corrected chi connectivity index (χ4v) is 4.60. The van der Waals surface area contributed by atoms with Crippen LogP contribution in [0, 0.1) is 17.6 Å². The van der Waals surface area contributed by atoms with Crippen molar-refractivity contribution in [3.05, 3.63) is 77.6 Å². The van der Waals surface area contributed by atoms with E-state index in [4.69, 9.17) is 0 Å². The van der Waals surface area contributed by atoms with Gasteiger partial charge in [-0.1, -0.05) is 19.9 Å². The van der Waals surface area contributed by atoms with E-state index in [1.54, 1.807) is 12.4 Å². The third-order valence-electron chi connectivity index (χ3n) is 6.07. The van der Waals surface area contributed by atoms with Crippen LogP contribution in [0.1, 0.15) is 55.5 Å². The predicted molar refractivity (Wildman–Crippen MR) is 109 cm³/mol. The summed E-state index contributed by atoms with van der Waals surface area (Å²) in [7, 11) is 0. The molecule has 0 radical (unpaired) electrons. The van der Waals surface area contributed by atoms with Crippen LogP contribution in [0.25, 0.3) is 16.9 Å². The summed E-state index contributed by atoms with van der Waals surface area (Å²) in [5.74, 6) is -0.660. The van der Waals surface area contributed by atoms with Gasteiger partial charge in [0.15, 0.2) is 5.65 Å². The van der Waals surface area contributed by atoms with Crippen molar-refractivity contribution in [1.82, 2.24) is 24.6 Å². The molecular weight excluding hydrogens is 384 g/mol. The molecule has 5 nitrogen and oxygen atoms in total. The van der Waals surface area contributed by atoms with E-state index in [-0.39, 0.29) is 23.1 Å². The largest absolute Gasteiger partial charge is 0.301 e. The first kappa shape index (κ1) is 18.8. The summed E-state index contributed by atoms with van der Waals surface area (Å²) in [6, 6.07) is 5.66. The second-order valence-electron chi connectivity index (χ2n) is 8.13. The van der Waals surface area contributed by atoms with Gasteiger partial charge >= 0.3 is 0 Å². The van der Waals surface area contributed by atoms with Crippen molar-refractivity contribution >= 4 is 5.65 Å². The number of imidazole rings is 1. The molecule has 1 aliphatic carbocycles. The first-order valence-electron chi connectivity index (χ1n) is 10.1. The van der Waals surface area contributed by atoms with Gasteiger partial charge in [-0.2, -0.15) is 5.10 Å². The topological polar surface area (TPSA) is 56.0 Å². The lowest BCUT2D eigenvalue weighted by Crippen LogP contribution is -2.22. The summed E-state index contributed by atoms with van der Waals surface area (Å²) in [4.78, 5) is 8.67. The van der Waals surface area contributed by atoms with Gasteiger partial charge < -0.3 is 4.40 Å². The minimum atomic E-state index is -0.634. The monoisotopic (exact) mass is 405 g/mol. The van der Waals surface area contributed by atoms with E-state index in [0.29, 0.717) is 5.92 Å². The third-order valence-corrected chi connectivity index (χ3v) is 6.07. The van der Waals surface area contributed by atoms with E-state index in [2.05, 4.69) is 34.0 Å². The number of fused-ring (bicyclic) bond motifs is 2. The Kier molecular flexibility index (Phi) is 4.53. The molecule has 1 aromatic carbocycles. The number of hydrogen-bond acceptors (Lipinski definition) is 4. The molecule has 0 saturated carbocycles. The fourth-order valence-electron chi connectivity index (χ4n) is 4.60. The zero-order chi connectivity index (χ0) is 20.8. The minimum absolute atomic E-state index is 0.00702. The smallest absolute Gasteiger partial charge is 0.155 e. The van der Waals surface area contributed by atoms with Crippen molar-refractivity contribution in [3.63, 3.8) is 0 Å². The van der Waals surface area contributed by atoms with Crippen LogP contribution in [0.3, 0.4) is 0 Å². The van der Waals surface area contributed by atoms with Gasteiger partial charge in [-0.3, -0.25) is 4.98 Å². The van der Waals surface area contributed by atoms with Crippen LogP contribution < -0.4 is 0 Å². The lowest BCUT2D eigenvalue weighted by atomic mass is 9.73. The van der Waals surface area contributed by atoms with Gasteiger partial charge in [0.1, 0.15) is 11.6 Å². The molecule has 2 unspecified atom stereocenters. The Morgan fingerprint density at radius 3 is 2.63 bits per heavy atom. The molecule has 1 aliphatic rings. The Morgan fingerprint density at radius 1 is 1.07 bits per heavy atom. The zero-order valence-electron chi connectivity index (χ0n) is 16.8. The van der Waals surface area contributed by atoms with Crippen LogP contribution in [0.4, 0.5) is 8.78 Å². The Balaban J connectivity index is 1.68. The molecule has 0 N–H and O–H groups in total. The lowest BCUT2D eigenvalue weighted by Gasteiger charge is -2.33. The molecule has 0 fully saturated rings. The molecular formula is C23H21F2N5. The molecule has 0 aliphatic heterocycles. The first-order valence-corrected chi connectivity index (χ1v) is 10.1. The summed E-state index contributed by atoms with van der Waals surface area (Å²) in [6.07, 6.45) is 9.07. The van der Waals surface area contributed by atoms with Crippen molar-refractivity contribution < 1.29 is 8.78 Å². The van der Waals surface area contributed by atoms with E-state index in [1.165, 1.54) is 18.2 Å². The Morgan fingerprint density at radius 2 is 1.87 bits per heavy atom. The summed E-state index contributed by atoms with van der Waals surface area (Å²) in [6.45, 7) is 4.33. The average molecular weight is 405 g/mol. The van der Waals surface area contributed by atoms with E-state index >= 15 is 0 Å². The number of aromatic nitrogens is 5. The maximum absolute atomic E-state index is 14.4. The van der Waals surface area contributed by atoms with Gasteiger partial charge in [0.25, 0.3) is 0 Å². The number of nitrogens with zero attached hydrogens (tertiary/aromatic N) is 5. The molecule has 0 bridgehead atoms. The zero-order valence-corrected chi connectivity index (χ0v) is 16.8. The highest BCUT2D eigenvalue weighted by Gasteiger charge is 2.33. The molecule has 3 aromatic heterocycles. The molecule has 7 heteroatoms. The van der Waals surface area contributed by atoms with E-state index in [1.807, 2.05) is 22.9 Å². The average Bonchev–Trinajstić information content (AvgIpc) is 3.21. The second kappa shape index (κ2) is 7.23. The van der Waals surface area contributed by atoms with Crippen molar-refractivity contribution in [2.24, 2.45) is 5.92 Å². The van der Waals surface area contributed by atoms with E-state index < -0.39 is 11.6 Å². The highest BCUT2D eigenvalue weighted by Crippen LogP contribution is 2.44. The van der Waals surface area contributed by atoms with Crippen LogP contribution in [0.2, 0.25) is 0 Å². The SMILES string of the molecule is CC(C)C1CCC(c2cncc3nccn23)c2nnc(-c3c(F)cccc3F)cc21. The molecule has 0 saturated heterocycles. The standard InChI is InChI=1S/C23H21F2N5/c1-13(2)14-6-7-15(20-11-26-12-21-27-8-9-30(20)21)23-16(14)10-19(28-29-23)22-17(24)4-3-5-18(22)25/h3-5,8-15H,6-7H2,1-2H3. The summed E-state index contributed by atoms with van der Waals surface area (Å²) < 4.78 is 30.8. The highest BCUT2D eigenvalue weighted by molar-refractivity contribution is 5.62. The van der Waals surface area contributed by atoms with Crippen LogP contribution in [-0.2, 0) is 0 Å². The molecule has 3 heterocycles. The van der Waals surface area contributed by atoms with Crippen molar-refractivity contribution in [2.75, 3.05) is 0 Å². The van der Waals surface area contributed by atoms with Gasteiger partial charge in [0.2, 0.25) is 0 Å². The fraction of sp³-hybridized carbons (Fsp3) is 0.304. The van der Waals surface area contributed by atoms with Crippen LogP contribution >= 0.6 is 0 Å². The van der Waals surface area contributed by atoms with Crippen molar-refractivity contribution in [1.29, 1.82) is 0 Å². The Labute approximate surface area is 172 Å². The van der Waals surface area contributed by atoms with Crippen LogP contribution in [-0.4, -0.2) is 24.6 Å². The molecule has 2 atom stereocenters. The molecule has 30 heavy (non-hydrogen) atoms. The predicted octanol–water partition coefficient (Wildman–Crippen LogP) is 5.13. The first-order chi connectivity index (χ1) is 14.5. The van der Waals surface area contributed by atoms with E-state index in [9.17, 15) is 8.78 Å². The van der Waals surface area contributed by atoms with Gasteiger partial charge in [0.05, 0.1) is 28.8 Å². The maximum Gasteiger partial charge on any atom is 0.155 e. The highest BCUT2D eigenvalue weighted by atomic mass is 19.1. The molecule has 4 aromatic rings. The summed E-state index contributed by atoms with van der Waals surface area (Å²) >= 11 is 0.